The minimum absolute atomic E-state index is 0.0348. The fourth-order valence-corrected chi connectivity index (χ4v) is 3.58. The van der Waals surface area contributed by atoms with Crippen LogP contribution in [0.3, 0.4) is 0 Å². The Hall–Kier alpha value is -1.24. The Bertz CT molecular complexity index is 604. The zero-order valence-electron chi connectivity index (χ0n) is 18.8. The second kappa shape index (κ2) is 9.11. The van der Waals surface area contributed by atoms with E-state index in [9.17, 15) is 5.11 Å². The van der Waals surface area contributed by atoms with Crippen LogP contribution < -0.4 is 0 Å². The fourth-order valence-electron chi connectivity index (χ4n) is 3.58. The Morgan fingerprint density at radius 2 is 1.54 bits per heavy atom. The van der Waals surface area contributed by atoms with Crippen molar-refractivity contribution in [3.8, 4) is 5.75 Å². The monoisotopic (exact) mass is 358 g/mol. The molecule has 0 bridgehead atoms. The quantitative estimate of drug-likeness (QED) is 0.495. The maximum absolute atomic E-state index is 10.6. The summed E-state index contributed by atoms with van der Waals surface area (Å²) < 4.78 is 0. The van der Waals surface area contributed by atoms with Crippen LogP contribution in [-0.4, -0.2) is 5.11 Å². The van der Waals surface area contributed by atoms with Gasteiger partial charge in [0.2, 0.25) is 0 Å². The predicted octanol–water partition coefficient (Wildman–Crippen LogP) is 7.69. The lowest BCUT2D eigenvalue weighted by atomic mass is 9.77. The van der Waals surface area contributed by atoms with E-state index in [1.54, 1.807) is 0 Å². The molecule has 1 atom stereocenters. The number of rotatable bonds is 7. The lowest BCUT2D eigenvalue weighted by Crippen LogP contribution is -2.18. The first-order chi connectivity index (χ1) is 11.8. The Balaban J connectivity index is 2.88. The van der Waals surface area contributed by atoms with Crippen LogP contribution in [0.2, 0.25) is 0 Å². The molecular formula is C25H42O. The van der Waals surface area contributed by atoms with Crippen LogP contribution in [0.4, 0.5) is 0 Å². The van der Waals surface area contributed by atoms with Crippen LogP contribution in [-0.2, 0) is 17.3 Å². The highest BCUT2D eigenvalue weighted by atomic mass is 16.3. The third-order valence-corrected chi connectivity index (χ3v) is 5.19. The van der Waals surface area contributed by atoms with Crippen LogP contribution in [0.5, 0.6) is 5.75 Å². The van der Waals surface area contributed by atoms with Crippen molar-refractivity contribution in [1.29, 1.82) is 0 Å². The van der Waals surface area contributed by atoms with Gasteiger partial charge < -0.3 is 5.11 Å². The molecule has 0 spiro atoms. The molecule has 148 valence electrons. The first-order valence-corrected chi connectivity index (χ1v) is 10.3. The van der Waals surface area contributed by atoms with Crippen LogP contribution >= 0.6 is 0 Å². The van der Waals surface area contributed by atoms with Crippen LogP contribution in [0.15, 0.2) is 23.8 Å². The van der Waals surface area contributed by atoms with Gasteiger partial charge in [0.15, 0.2) is 0 Å². The van der Waals surface area contributed by atoms with E-state index in [1.807, 2.05) is 6.07 Å². The second-order valence-electron chi connectivity index (χ2n) is 10.4. The van der Waals surface area contributed by atoms with Gasteiger partial charge in [-0.1, -0.05) is 72.6 Å². The van der Waals surface area contributed by atoms with E-state index in [2.05, 4.69) is 74.5 Å². The van der Waals surface area contributed by atoms with Crippen molar-refractivity contribution in [1.82, 2.24) is 0 Å². The normalized spacial score (nSPS) is 13.6. The molecule has 0 amide bonds. The Morgan fingerprint density at radius 1 is 0.962 bits per heavy atom. The summed E-state index contributed by atoms with van der Waals surface area (Å²) >= 11 is 0. The summed E-state index contributed by atoms with van der Waals surface area (Å²) in [6.45, 7) is 20.0. The van der Waals surface area contributed by atoms with E-state index in [-0.39, 0.29) is 10.8 Å². The molecule has 0 heterocycles. The standard InChI is InChI=1S/C25H42O/c1-18(2)12-10-13-19(3)14-11-15-20-16-22(25(7,8)9)23(26)17-21(20)24(4,5)6/h12,16-17,19,26H,10-11,13-15H2,1-9H3. The van der Waals surface area contributed by atoms with E-state index in [1.165, 1.54) is 42.4 Å². The number of phenols is 1. The van der Waals surface area contributed by atoms with E-state index < -0.39 is 0 Å². The molecule has 0 aliphatic carbocycles. The van der Waals surface area contributed by atoms with Crippen molar-refractivity contribution < 1.29 is 5.11 Å². The highest BCUT2D eigenvalue weighted by molar-refractivity contribution is 5.47. The molecule has 26 heavy (non-hydrogen) atoms. The van der Waals surface area contributed by atoms with E-state index in [0.29, 0.717) is 5.75 Å². The average molecular weight is 359 g/mol. The van der Waals surface area contributed by atoms with Crippen molar-refractivity contribution in [2.24, 2.45) is 5.92 Å². The van der Waals surface area contributed by atoms with Gasteiger partial charge in [0, 0.05) is 0 Å². The zero-order chi connectivity index (χ0) is 20.1. The summed E-state index contributed by atoms with van der Waals surface area (Å²) in [6.07, 6.45) is 8.41. The molecule has 0 radical (unpaired) electrons. The van der Waals surface area contributed by atoms with Gasteiger partial charge in [0.05, 0.1) is 0 Å². The number of aromatic hydroxyl groups is 1. The third-order valence-electron chi connectivity index (χ3n) is 5.19. The lowest BCUT2D eigenvalue weighted by Gasteiger charge is -2.28. The van der Waals surface area contributed by atoms with Gasteiger partial charge in [0.1, 0.15) is 5.75 Å². The summed E-state index contributed by atoms with van der Waals surface area (Å²) in [5.41, 5.74) is 5.21. The lowest BCUT2D eigenvalue weighted by molar-refractivity contribution is 0.440. The Morgan fingerprint density at radius 3 is 2.04 bits per heavy atom. The third kappa shape index (κ3) is 7.17. The largest absolute Gasteiger partial charge is 0.508 e. The maximum Gasteiger partial charge on any atom is 0.119 e. The molecule has 0 aliphatic rings. The van der Waals surface area contributed by atoms with E-state index in [0.717, 1.165) is 17.9 Å². The molecule has 0 saturated heterocycles. The summed E-state index contributed by atoms with van der Waals surface area (Å²) in [7, 11) is 0. The topological polar surface area (TPSA) is 20.2 Å². The smallest absolute Gasteiger partial charge is 0.119 e. The molecule has 1 aromatic rings. The number of aryl methyl sites for hydroxylation is 1. The molecular weight excluding hydrogens is 316 g/mol. The molecule has 1 N–H and O–H groups in total. The second-order valence-corrected chi connectivity index (χ2v) is 10.4. The van der Waals surface area contributed by atoms with Gasteiger partial charge in [-0.15, -0.1) is 0 Å². The summed E-state index contributed by atoms with van der Waals surface area (Å²) in [4.78, 5) is 0. The number of phenolic OH excluding ortho intramolecular Hbond substituents is 1. The number of allylic oxidation sites excluding steroid dienone is 2. The summed E-state index contributed by atoms with van der Waals surface area (Å²) in [6, 6.07) is 4.29. The number of hydrogen-bond acceptors (Lipinski definition) is 1. The maximum atomic E-state index is 10.6. The average Bonchev–Trinajstić information content (AvgIpc) is 2.45. The van der Waals surface area contributed by atoms with Crippen LogP contribution in [0.25, 0.3) is 0 Å². The molecule has 0 aliphatic heterocycles. The molecule has 1 heteroatoms. The van der Waals surface area contributed by atoms with E-state index in [4.69, 9.17) is 0 Å². The molecule has 1 aromatic carbocycles. The number of benzene rings is 1. The SMILES string of the molecule is CC(C)=CCCC(C)CCCc1cc(C(C)(C)C)c(O)cc1C(C)(C)C. The van der Waals surface area contributed by atoms with Crippen molar-refractivity contribution in [2.45, 2.75) is 105 Å². The number of hydrogen-bond donors (Lipinski definition) is 1. The minimum atomic E-state index is -0.0348. The van der Waals surface area contributed by atoms with Gasteiger partial charge in [-0.2, -0.15) is 0 Å². The highest BCUT2D eigenvalue weighted by Crippen LogP contribution is 2.37. The molecule has 1 nitrogen and oxygen atoms in total. The zero-order valence-corrected chi connectivity index (χ0v) is 18.8. The van der Waals surface area contributed by atoms with Crippen molar-refractivity contribution >= 4 is 0 Å². The van der Waals surface area contributed by atoms with Gasteiger partial charge in [-0.05, 0) is 79.0 Å². The first-order valence-electron chi connectivity index (χ1n) is 10.3. The predicted molar refractivity (Wildman–Crippen MR) is 116 cm³/mol. The fraction of sp³-hybridized carbons (Fsp3) is 0.680. The Kier molecular flexibility index (Phi) is 7.99. The molecule has 0 fully saturated rings. The summed E-state index contributed by atoms with van der Waals surface area (Å²) in [5.74, 6) is 1.21. The van der Waals surface area contributed by atoms with Gasteiger partial charge in [0.25, 0.3) is 0 Å². The molecule has 1 rings (SSSR count). The van der Waals surface area contributed by atoms with Crippen molar-refractivity contribution in [3.63, 3.8) is 0 Å². The Labute approximate surface area is 162 Å². The summed E-state index contributed by atoms with van der Waals surface area (Å²) in [5, 5.41) is 10.6. The van der Waals surface area contributed by atoms with E-state index >= 15 is 0 Å². The van der Waals surface area contributed by atoms with Crippen molar-refractivity contribution in [3.05, 3.63) is 40.5 Å². The van der Waals surface area contributed by atoms with Gasteiger partial charge >= 0.3 is 0 Å². The minimum Gasteiger partial charge on any atom is -0.508 e. The highest BCUT2D eigenvalue weighted by Gasteiger charge is 2.24. The van der Waals surface area contributed by atoms with Crippen molar-refractivity contribution in [2.75, 3.05) is 0 Å². The molecule has 1 unspecified atom stereocenters. The van der Waals surface area contributed by atoms with Crippen LogP contribution in [0.1, 0.15) is 105 Å². The van der Waals surface area contributed by atoms with Gasteiger partial charge in [-0.25, -0.2) is 0 Å². The molecule has 0 saturated carbocycles. The van der Waals surface area contributed by atoms with Crippen LogP contribution in [0, 0.1) is 5.92 Å². The molecule has 0 aromatic heterocycles. The van der Waals surface area contributed by atoms with Gasteiger partial charge in [-0.3, -0.25) is 0 Å². The first kappa shape index (κ1) is 22.8.